The zero-order chi connectivity index (χ0) is 22.7. The van der Waals surface area contributed by atoms with Gasteiger partial charge >= 0.3 is 0 Å². The Morgan fingerprint density at radius 2 is 1.72 bits per heavy atom. The number of morpholine rings is 1. The number of anilines is 1. The fraction of sp³-hybridized carbons (Fsp3) is 0.174. The number of benzene rings is 3. The summed E-state index contributed by atoms with van der Waals surface area (Å²) in [5.74, 6) is -0.899. The molecule has 3 aromatic carbocycles. The van der Waals surface area contributed by atoms with Crippen LogP contribution in [0.5, 0.6) is 0 Å². The van der Waals surface area contributed by atoms with Gasteiger partial charge < -0.3 is 9.64 Å². The van der Waals surface area contributed by atoms with Crippen LogP contribution in [-0.4, -0.2) is 38.9 Å². The second-order valence-electron chi connectivity index (χ2n) is 7.27. The summed E-state index contributed by atoms with van der Waals surface area (Å²) in [6.45, 7) is 1.19. The molecule has 0 spiro atoms. The minimum Gasteiger partial charge on any atom is -0.370 e. The molecule has 1 unspecified atom stereocenters. The number of rotatable bonds is 5. The van der Waals surface area contributed by atoms with Crippen LogP contribution >= 0.6 is 11.6 Å². The van der Waals surface area contributed by atoms with Gasteiger partial charge in [-0.2, -0.15) is 0 Å². The van der Waals surface area contributed by atoms with Crippen molar-refractivity contribution < 1.29 is 22.3 Å². The zero-order valence-corrected chi connectivity index (χ0v) is 18.4. The van der Waals surface area contributed by atoms with Gasteiger partial charge in [0, 0.05) is 17.1 Å². The van der Waals surface area contributed by atoms with Gasteiger partial charge in [-0.15, -0.1) is 0 Å². The summed E-state index contributed by atoms with van der Waals surface area (Å²) in [5, 5.41) is 0.622. The third-order valence-corrected chi connectivity index (χ3v) is 6.76. The Hall–Kier alpha value is -2.94. The van der Waals surface area contributed by atoms with E-state index in [4.69, 9.17) is 16.3 Å². The molecule has 1 atom stereocenters. The van der Waals surface area contributed by atoms with Crippen LogP contribution in [-0.2, 0) is 14.8 Å². The number of nitrogens with zero attached hydrogens (tertiary/aromatic N) is 1. The molecule has 3 aromatic rings. The number of hydrogen-bond acceptors (Lipinski definition) is 4. The van der Waals surface area contributed by atoms with E-state index in [1.807, 2.05) is 12.1 Å². The third-order valence-electron chi connectivity index (χ3n) is 5.13. The summed E-state index contributed by atoms with van der Waals surface area (Å²) in [6, 6.07) is 18.3. The molecule has 9 heteroatoms. The van der Waals surface area contributed by atoms with E-state index >= 15 is 0 Å². The molecule has 0 radical (unpaired) electrons. The van der Waals surface area contributed by atoms with E-state index in [0.29, 0.717) is 30.3 Å². The highest BCUT2D eigenvalue weighted by Crippen LogP contribution is 2.25. The van der Waals surface area contributed by atoms with Crippen LogP contribution in [0.3, 0.4) is 0 Å². The van der Waals surface area contributed by atoms with Gasteiger partial charge in [-0.3, -0.25) is 9.52 Å². The fourth-order valence-corrected chi connectivity index (χ4v) is 4.61. The molecule has 4 rings (SSSR count). The zero-order valence-electron chi connectivity index (χ0n) is 16.9. The SMILES string of the molecule is O=C(c1ccc(S(=O)(=O)Nc2ccccc2F)cc1)N1CCOC(c2ccc(Cl)cc2)C1. The minimum atomic E-state index is -4.00. The topological polar surface area (TPSA) is 75.7 Å². The Kier molecular flexibility index (Phi) is 6.45. The van der Waals surface area contributed by atoms with Crippen LogP contribution in [0.25, 0.3) is 0 Å². The van der Waals surface area contributed by atoms with Gasteiger partial charge in [-0.1, -0.05) is 35.9 Å². The lowest BCUT2D eigenvalue weighted by Crippen LogP contribution is -2.42. The van der Waals surface area contributed by atoms with Crippen molar-refractivity contribution in [3.05, 3.63) is 94.8 Å². The summed E-state index contributed by atoms with van der Waals surface area (Å²) in [6.07, 6.45) is -0.269. The second kappa shape index (κ2) is 9.28. The van der Waals surface area contributed by atoms with E-state index in [9.17, 15) is 17.6 Å². The molecule has 0 aromatic heterocycles. The lowest BCUT2D eigenvalue weighted by molar-refractivity contribution is -0.0228. The monoisotopic (exact) mass is 474 g/mol. The number of ether oxygens (including phenoxy) is 1. The van der Waals surface area contributed by atoms with E-state index in [1.165, 1.54) is 48.5 Å². The van der Waals surface area contributed by atoms with Crippen LogP contribution in [0.2, 0.25) is 5.02 Å². The summed E-state index contributed by atoms with van der Waals surface area (Å²) >= 11 is 5.94. The summed E-state index contributed by atoms with van der Waals surface area (Å²) in [7, 11) is -4.00. The van der Waals surface area contributed by atoms with Crippen molar-refractivity contribution in [3.8, 4) is 0 Å². The Bertz CT molecular complexity index is 1220. The van der Waals surface area contributed by atoms with Crippen molar-refractivity contribution in [3.63, 3.8) is 0 Å². The number of nitrogens with one attached hydrogen (secondary N) is 1. The first-order valence-electron chi connectivity index (χ1n) is 9.87. The third kappa shape index (κ3) is 4.93. The first-order valence-corrected chi connectivity index (χ1v) is 11.7. The van der Waals surface area contributed by atoms with Gasteiger partial charge in [-0.05, 0) is 54.1 Å². The summed E-state index contributed by atoms with van der Waals surface area (Å²) in [4.78, 5) is 14.6. The lowest BCUT2D eigenvalue weighted by atomic mass is 10.1. The Morgan fingerprint density at radius 1 is 1.03 bits per heavy atom. The van der Waals surface area contributed by atoms with Gasteiger partial charge in [0.05, 0.1) is 23.7 Å². The van der Waals surface area contributed by atoms with Crippen molar-refractivity contribution >= 4 is 33.2 Å². The molecule has 1 aliphatic rings. The van der Waals surface area contributed by atoms with Crippen molar-refractivity contribution in [2.75, 3.05) is 24.4 Å². The second-order valence-corrected chi connectivity index (χ2v) is 9.39. The van der Waals surface area contributed by atoms with Crippen LogP contribution in [0.4, 0.5) is 10.1 Å². The predicted octanol–water partition coefficient (Wildman–Crippen LogP) is 4.49. The minimum absolute atomic E-state index is 0.0710. The highest BCUT2D eigenvalue weighted by molar-refractivity contribution is 7.92. The fourth-order valence-electron chi connectivity index (χ4n) is 3.42. The molecule has 32 heavy (non-hydrogen) atoms. The van der Waals surface area contributed by atoms with E-state index in [0.717, 1.165) is 5.56 Å². The molecule has 1 aliphatic heterocycles. The number of para-hydroxylation sites is 1. The Morgan fingerprint density at radius 3 is 2.41 bits per heavy atom. The Balaban J connectivity index is 1.47. The number of halogens is 2. The van der Waals surface area contributed by atoms with Gasteiger partial charge in [0.15, 0.2) is 0 Å². The molecule has 1 N–H and O–H groups in total. The van der Waals surface area contributed by atoms with E-state index in [1.54, 1.807) is 17.0 Å². The number of carbonyl (C=O) groups is 1. The van der Waals surface area contributed by atoms with Gasteiger partial charge in [0.25, 0.3) is 15.9 Å². The molecule has 166 valence electrons. The maximum absolute atomic E-state index is 13.8. The molecule has 6 nitrogen and oxygen atoms in total. The Labute approximate surface area is 190 Å². The highest BCUT2D eigenvalue weighted by Gasteiger charge is 2.26. The molecular weight excluding hydrogens is 455 g/mol. The molecule has 0 bridgehead atoms. The molecule has 1 fully saturated rings. The van der Waals surface area contributed by atoms with E-state index in [-0.39, 0.29) is 22.6 Å². The standard InChI is InChI=1S/C23H20ClFN2O4S/c24-18-9-5-16(6-10-18)22-15-27(13-14-31-22)23(28)17-7-11-19(12-8-17)32(29,30)26-21-4-2-1-3-20(21)25/h1-12,22,26H,13-15H2. The molecule has 0 saturated carbocycles. The smallest absolute Gasteiger partial charge is 0.261 e. The molecule has 1 amide bonds. The molecular formula is C23H20ClFN2O4S. The van der Waals surface area contributed by atoms with Crippen LogP contribution in [0.15, 0.2) is 77.7 Å². The maximum Gasteiger partial charge on any atom is 0.261 e. The lowest BCUT2D eigenvalue weighted by Gasteiger charge is -2.33. The van der Waals surface area contributed by atoms with Crippen molar-refractivity contribution in [2.45, 2.75) is 11.0 Å². The van der Waals surface area contributed by atoms with Crippen molar-refractivity contribution in [1.29, 1.82) is 0 Å². The quantitative estimate of drug-likeness (QED) is 0.591. The van der Waals surface area contributed by atoms with Gasteiger partial charge in [0.1, 0.15) is 11.9 Å². The van der Waals surface area contributed by atoms with Crippen molar-refractivity contribution in [2.24, 2.45) is 0 Å². The normalized spacial score (nSPS) is 16.6. The largest absolute Gasteiger partial charge is 0.370 e. The van der Waals surface area contributed by atoms with E-state index < -0.39 is 15.8 Å². The van der Waals surface area contributed by atoms with E-state index in [2.05, 4.69) is 4.72 Å². The average molecular weight is 475 g/mol. The maximum atomic E-state index is 13.8. The van der Waals surface area contributed by atoms with Crippen LogP contribution in [0.1, 0.15) is 22.0 Å². The average Bonchev–Trinajstić information content (AvgIpc) is 2.81. The molecule has 0 aliphatic carbocycles. The highest BCUT2D eigenvalue weighted by atomic mass is 35.5. The number of carbonyl (C=O) groups excluding carboxylic acids is 1. The predicted molar refractivity (Wildman–Crippen MR) is 120 cm³/mol. The van der Waals surface area contributed by atoms with Crippen LogP contribution in [0, 0.1) is 5.82 Å². The van der Waals surface area contributed by atoms with Crippen molar-refractivity contribution in [1.82, 2.24) is 4.90 Å². The van der Waals surface area contributed by atoms with Gasteiger partial charge in [-0.25, -0.2) is 12.8 Å². The first-order chi connectivity index (χ1) is 15.3. The number of hydrogen-bond donors (Lipinski definition) is 1. The summed E-state index contributed by atoms with van der Waals surface area (Å²) in [5.41, 5.74) is 1.13. The van der Waals surface area contributed by atoms with Crippen LogP contribution < -0.4 is 4.72 Å². The molecule has 1 heterocycles. The first kappa shape index (κ1) is 22.3. The summed E-state index contributed by atoms with van der Waals surface area (Å²) < 4.78 is 46.9. The number of amides is 1. The van der Waals surface area contributed by atoms with Gasteiger partial charge in [0.2, 0.25) is 0 Å². The molecule has 1 saturated heterocycles. The number of sulfonamides is 1.